The summed E-state index contributed by atoms with van der Waals surface area (Å²) in [6.45, 7) is 4.26. The molecule has 0 atom stereocenters. The number of nitro groups is 1. The number of nitrogens with one attached hydrogen (secondary N) is 1. The van der Waals surface area contributed by atoms with Crippen molar-refractivity contribution < 1.29 is 14.1 Å². The number of benzene rings is 2. The van der Waals surface area contributed by atoms with Crippen molar-refractivity contribution in [1.82, 2.24) is 15.1 Å². The fraction of sp³-hybridized carbons (Fsp3) is 0.423. The van der Waals surface area contributed by atoms with Gasteiger partial charge < -0.3 is 14.6 Å². The lowest BCUT2D eigenvalue weighted by Gasteiger charge is -2.41. The zero-order valence-electron chi connectivity index (χ0n) is 20.5. The third-order valence-corrected chi connectivity index (χ3v) is 7.80. The predicted octanol–water partition coefficient (Wildman–Crippen LogP) is 4.83. The maximum absolute atomic E-state index is 12.5. The zero-order valence-corrected chi connectivity index (χ0v) is 21.4. The minimum Gasteiger partial charge on any atom is -0.411 e. The Morgan fingerprint density at radius 2 is 1.76 bits per heavy atom. The Morgan fingerprint density at radius 3 is 2.49 bits per heavy atom. The first kappa shape index (κ1) is 25.2. The van der Waals surface area contributed by atoms with Gasteiger partial charge in [0.05, 0.1) is 10.7 Å². The van der Waals surface area contributed by atoms with Crippen LogP contribution in [0.25, 0.3) is 11.5 Å². The molecule has 10 nitrogen and oxygen atoms in total. The van der Waals surface area contributed by atoms with E-state index in [0.29, 0.717) is 0 Å². The van der Waals surface area contributed by atoms with E-state index in [0.717, 1.165) is 49.7 Å². The van der Waals surface area contributed by atoms with Crippen LogP contribution in [-0.4, -0.2) is 63.9 Å². The molecule has 2 heterocycles. The number of para-hydroxylation sites is 1. The van der Waals surface area contributed by atoms with E-state index in [1.807, 2.05) is 12.1 Å². The predicted molar refractivity (Wildman–Crippen MR) is 143 cm³/mol. The topological polar surface area (TPSA) is 118 Å². The highest BCUT2D eigenvalue weighted by atomic mass is 32.2. The van der Waals surface area contributed by atoms with Crippen LogP contribution < -0.4 is 10.2 Å². The van der Waals surface area contributed by atoms with Gasteiger partial charge in [-0.3, -0.25) is 19.8 Å². The van der Waals surface area contributed by atoms with Crippen LogP contribution >= 0.6 is 11.8 Å². The molecule has 1 N–H and O–H groups in total. The van der Waals surface area contributed by atoms with E-state index in [2.05, 4.69) is 37.4 Å². The molecule has 1 aliphatic carbocycles. The standard InChI is InChI=1S/C26H30N6O4S/c33-24(18-37-26-29-28-25(36-26)22-8-4-5-9-23(22)32(34)35)27-19-10-12-21(13-11-19)31-16-14-30(15-17-31)20-6-2-1-3-7-20/h4-5,8-13,20H,1-3,6-7,14-18H2,(H,27,33). The smallest absolute Gasteiger partial charge is 0.282 e. The lowest BCUT2D eigenvalue weighted by atomic mass is 9.94. The fourth-order valence-electron chi connectivity index (χ4n) is 5.06. The lowest BCUT2D eigenvalue weighted by molar-refractivity contribution is -0.384. The third-order valence-electron chi connectivity index (χ3n) is 6.99. The molecule has 1 amide bonds. The number of hydrogen-bond donors (Lipinski definition) is 1. The first-order chi connectivity index (χ1) is 18.1. The summed E-state index contributed by atoms with van der Waals surface area (Å²) in [5, 5.41) is 22.1. The van der Waals surface area contributed by atoms with Crippen molar-refractivity contribution in [1.29, 1.82) is 0 Å². The highest BCUT2D eigenvalue weighted by molar-refractivity contribution is 7.99. The molecule has 3 aromatic rings. The average molecular weight is 523 g/mol. The minimum atomic E-state index is -0.498. The number of carbonyl (C=O) groups is 1. The Hall–Kier alpha value is -3.44. The van der Waals surface area contributed by atoms with Crippen LogP contribution in [0.1, 0.15) is 32.1 Å². The fourth-order valence-corrected chi connectivity index (χ4v) is 5.63. The molecule has 37 heavy (non-hydrogen) atoms. The van der Waals surface area contributed by atoms with Crippen LogP contribution in [-0.2, 0) is 4.79 Å². The van der Waals surface area contributed by atoms with E-state index in [4.69, 9.17) is 4.42 Å². The van der Waals surface area contributed by atoms with Crippen molar-refractivity contribution in [3.63, 3.8) is 0 Å². The molecule has 0 radical (unpaired) electrons. The normalized spacial score (nSPS) is 17.0. The number of amides is 1. The molecule has 0 unspecified atom stereocenters. The number of nitrogens with zero attached hydrogens (tertiary/aromatic N) is 5. The molecular formula is C26H30N6O4S. The molecule has 1 aliphatic heterocycles. The Labute approximate surface area is 219 Å². The van der Waals surface area contributed by atoms with Gasteiger partial charge in [-0.2, -0.15) is 0 Å². The minimum absolute atomic E-state index is 0.0466. The number of aromatic nitrogens is 2. The van der Waals surface area contributed by atoms with Gasteiger partial charge in [0, 0.05) is 49.7 Å². The summed E-state index contributed by atoms with van der Waals surface area (Å²) < 4.78 is 5.54. The number of anilines is 2. The van der Waals surface area contributed by atoms with Gasteiger partial charge in [0.15, 0.2) is 0 Å². The molecule has 0 spiro atoms. The van der Waals surface area contributed by atoms with E-state index in [1.54, 1.807) is 18.2 Å². The van der Waals surface area contributed by atoms with E-state index >= 15 is 0 Å². The molecule has 11 heteroatoms. The summed E-state index contributed by atoms with van der Waals surface area (Å²) in [6.07, 6.45) is 6.80. The van der Waals surface area contributed by atoms with Crippen LogP contribution in [0.4, 0.5) is 17.1 Å². The van der Waals surface area contributed by atoms with Gasteiger partial charge in [-0.25, -0.2) is 0 Å². The molecule has 2 aliphatic rings. The molecule has 2 aromatic carbocycles. The second-order valence-electron chi connectivity index (χ2n) is 9.35. The number of rotatable bonds is 8. The van der Waals surface area contributed by atoms with Crippen LogP contribution in [0.2, 0.25) is 0 Å². The van der Waals surface area contributed by atoms with Crippen molar-refractivity contribution in [2.24, 2.45) is 0 Å². The Bertz CT molecular complexity index is 1220. The molecule has 5 rings (SSSR count). The van der Waals surface area contributed by atoms with Gasteiger partial charge in [-0.15, -0.1) is 10.2 Å². The maximum atomic E-state index is 12.5. The van der Waals surface area contributed by atoms with Crippen molar-refractivity contribution >= 4 is 34.7 Å². The Kier molecular flexibility index (Phi) is 8.00. The number of hydrogen-bond acceptors (Lipinski definition) is 9. The van der Waals surface area contributed by atoms with Crippen LogP contribution in [0.3, 0.4) is 0 Å². The highest BCUT2D eigenvalue weighted by Gasteiger charge is 2.25. The Balaban J connectivity index is 1.09. The molecule has 0 bridgehead atoms. The van der Waals surface area contributed by atoms with Gasteiger partial charge in [-0.1, -0.05) is 43.2 Å². The summed E-state index contributed by atoms with van der Waals surface area (Å²) in [7, 11) is 0. The summed E-state index contributed by atoms with van der Waals surface area (Å²) in [4.78, 5) is 28.3. The van der Waals surface area contributed by atoms with Gasteiger partial charge in [0.25, 0.3) is 16.8 Å². The maximum Gasteiger partial charge on any atom is 0.282 e. The zero-order chi connectivity index (χ0) is 25.6. The first-order valence-corrected chi connectivity index (χ1v) is 13.6. The molecule has 1 aromatic heterocycles. The number of nitro benzene ring substituents is 1. The van der Waals surface area contributed by atoms with E-state index < -0.39 is 4.92 Å². The van der Waals surface area contributed by atoms with Gasteiger partial charge in [0.1, 0.15) is 5.56 Å². The number of thioether (sulfide) groups is 1. The monoisotopic (exact) mass is 522 g/mol. The SMILES string of the molecule is O=C(CSc1nnc(-c2ccccc2[N+](=O)[O-])o1)Nc1ccc(N2CCN(C3CCCCC3)CC2)cc1. The van der Waals surface area contributed by atoms with Crippen LogP contribution in [0, 0.1) is 10.1 Å². The van der Waals surface area contributed by atoms with Crippen LogP contribution in [0.5, 0.6) is 0 Å². The second kappa shape index (κ2) is 11.7. The molecular weight excluding hydrogens is 492 g/mol. The van der Waals surface area contributed by atoms with Crippen molar-refractivity contribution in [2.75, 3.05) is 42.1 Å². The van der Waals surface area contributed by atoms with Gasteiger partial charge >= 0.3 is 0 Å². The largest absolute Gasteiger partial charge is 0.411 e. The molecule has 1 saturated carbocycles. The Morgan fingerprint density at radius 1 is 1.03 bits per heavy atom. The highest BCUT2D eigenvalue weighted by Crippen LogP contribution is 2.30. The first-order valence-electron chi connectivity index (χ1n) is 12.7. The van der Waals surface area contributed by atoms with Crippen molar-refractivity contribution in [3.05, 3.63) is 58.6 Å². The summed E-state index contributed by atoms with van der Waals surface area (Å²) in [5.74, 6) is -0.0849. The second-order valence-corrected chi connectivity index (χ2v) is 10.3. The quantitative estimate of drug-likeness (QED) is 0.252. The van der Waals surface area contributed by atoms with E-state index in [-0.39, 0.29) is 34.0 Å². The number of piperazine rings is 1. The van der Waals surface area contributed by atoms with Crippen molar-refractivity contribution in [2.45, 2.75) is 43.4 Å². The summed E-state index contributed by atoms with van der Waals surface area (Å²) >= 11 is 1.08. The molecule has 2 fully saturated rings. The summed E-state index contributed by atoms with van der Waals surface area (Å²) in [5.41, 5.74) is 2.02. The van der Waals surface area contributed by atoms with Crippen molar-refractivity contribution in [3.8, 4) is 11.5 Å². The summed E-state index contributed by atoms with van der Waals surface area (Å²) in [6, 6.07) is 14.9. The van der Waals surface area contributed by atoms with Gasteiger partial charge in [-0.05, 0) is 43.2 Å². The molecule has 1 saturated heterocycles. The van der Waals surface area contributed by atoms with E-state index in [9.17, 15) is 14.9 Å². The van der Waals surface area contributed by atoms with Crippen LogP contribution in [0.15, 0.2) is 58.2 Å². The molecule has 194 valence electrons. The third kappa shape index (κ3) is 6.28. The van der Waals surface area contributed by atoms with E-state index in [1.165, 1.54) is 43.9 Å². The van der Waals surface area contributed by atoms with Gasteiger partial charge in [0.2, 0.25) is 5.91 Å². The number of carbonyl (C=O) groups excluding carboxylic acids is 1. The lowest BCUT2D eigenvalue weighted by Crippen LogP contribution is -2.50. The average Bonchev–Trinajstić information content (AvgIpc) is 3.42.